The first kappa shape index (κ1) is 18.3. The first-order valence-electron chi connectivity index (χ1n) is 8.91. The van der Waals surface area contributed by atoms with E-state index in [2.05, 4.69) is 32.5 Å². The first-order chi connectivity index (χ1) is 13.6. The summed E-state index contributed by atoms with van der Waals surface area (Å²) in [6.45, 7) is 2.71. The normalized spacial score (nSPS) is 12.6. The summed E-state index contributed by atoms with van der Waals surface area (Å²) in [4.78, 5) is 14.7. The molecule has 1 amide bonds. The Morgan fingerprint density at radius 1 is 1.18 bits per heavy atom. The third-order valence-electron chi connectivity index (χ3n) is 4.78. The van der Waals surface area contributed by atoms with Gasteiger partial charge in [0.25, 0.3) is 5.91 Å². The Hall–Kier alpha value is -3.12. The lowest BCUT2D eigenvalue weighted by molar-refractivity contribution is 0.102. The number of carbonyl (C=O) groups is 1. The van der Waals surface area contributed by atoms with Crippen LogP contribution < -0.4 is 15.0 Å². The van der Waals surface area contributed by atoms with Crippen molar-refractivity contribution in [2.75, 3.05) is 23.9 Å². The van der Waals surface area contributed by atoms with Crippen LogP contribution in [-0.2, 0) is 6.42 Å². The van der Waals surface area contributed by atoms with Gasteiger partial charge in [0.05, 0.1) is 12.8 Å². The number of fused-ring (bicyclic) bond motifs is 1. The highest BCUT2D eigenvalue weighted by atomic mass is 35.5. The molecule has 0 spiro atoms. The number of nitrogens with zero attached hydrogens (tertiary/aromatic N) is 3. The van der Waals surface area contributed by atoms with Gasteiger partial charge in [0.15, 0.2) is 11.5 Å². The number of benzene rings is 2. The van der Waals surface area contributed by atoms with E-state index in [4.69, 9.17) is 16.3 Å². The van der Waals surface area contributed by atoms with E-state index in [0.717, 1.165) is 30.0 Å². The number of anilines is 3. The molecule has 1 N–H and O–H groups in total. The summed E-state index contributed by atoms with van der Waals surface area (Å²) in [7, 11) is 1.53. The van der Waals surface area contributed by atoms with Crippen molar-refractivity contribution < 1.29 is 9.53 Å². The molecule has 2 heterocycles. The molecular weight excluding hydrogens is 376 g/mol. The van der Waals surface area contributed by atoms with E-state index in [1.807, 2.05) is 25.1 Å². The van der Waals surface area contributed by atoms with Crippen LogP contribution in [0.4, 0.5) is 17.2 Å². The molecule has 0 saturated heterocycles. The number of rotatable bonds is 4. The molecule has 0 bridgehead atoms. The van der Waals surface area contributed by atoms with Crippen LogP contribution in [0.3, 0.4) is 0 Å². The van der Waals surface area contributed by atoms with Gasteiger partial charge in [-0.3, -0.25) is 4.79 Å². The molecule has 0 unspecified atom stereocenters. The number of ether oxygens (including phenoxy) is 1. The summed E-state index contributed by atoms with van der Waals surface area (Å²) in [5.41, 5.74) is 4.03. The molecular formula is C21H19ClN4O2. The summed E-state index contributed by atoms with van der Waals surface area (Å²) in [6, 6.07) is 15.2. The maximum absolute atomic E-state index is 12.6. The Balaban J connectivity index is 1.54. The molecule has 6 nitrogen and oxygen atoms in total. The predicted octanol–water partition coefficient (Wildman–Crippen LogP) is 4.39. The number of hydrogen-bond acceptors (Lipinski definition) is 5. The minimum absolute atomic E-state index is 0.228. The van der Waals surface area contributed by atoms with Crippen molar-refractivity contribution in [3.05, 3.63) is 70.4 Å². The molecule has 0 saturated carbocycles. The molecule has 0 atom stereocenters. The number of amides is 1. The second kappa shape index (κ2) is 7.48. The minimum atomic E-state index is -0.360. The molecule has 0 aliphatic carbocycles. The van der Waals surface area contributed by atoms with Crippen LogP contribution in [0.5, 0.6) is 5.75 Å². The van der Waals surface area contributed by atoms with Gasteiger partial charge >= 0.3 is 0 Å². The van der Waals surface area contributed by atoms with E-state index in [-0.39, 0.29) is 11.6 Å². The molecule has 0 fully saturated rings. The molecule has 3 aromatic rings. The van der Waals surface area contributed by atoms with E-state index >= 15 is 0 Å². The SMILES string of the molecule is COc1cc(Cl)c(C)cc1NC(=O)c1ccc(N2CCc3ccccc32)nn1. The summed E-state index contributed by atoms with van der Waals surface area (Å²) >= 11 is 6.11. The van der Waals surface area contributed by atoms with Gasteiger partial charge in [-0.05, 0) is 48.7 Å². The zero-order valence-corrected chi connectivity index (χ0v) is 16.3. The third kappa shape index (κ3) is 3.39. The molecule has 1 aliphatic heterocycles. The molecule has 1 aliphatic rings. The van der Waals surface area contributed by atoms with Gasteiger partial charge in [-0.1, -0.05) is 29.8 Å². The summed E-state index contributed by atoms with van der Waals surface area (Å²) in [5, 5.41) is 11.8. The highest BCUT2D eigenvalue weighted by Gasteiger charge is 2.21. The first-order valence-corrected chi connectivity index (χ1v) is 9.29. The van der Waals surface area contributed by atoms with E-state index < -0.39 is 0 Å². The monoisotopic (exact) mass is 394 g/mol. The van der Waals surface area contributed by atoms with Gasteiger partial charge in [-0.2, -0.15) is 0 Å². The standard InChI is InChI=1S/C21H19ClN4O2/c1-13-11-17(19(28-2)12-15(13)22)23-21(27)16-7-8-20(25-24-16)26-10-9-14-5-3-4-6-18(14)26/h3-8,11-12H,9-10H2,1-2H3,(H,23,27). The number of aromatic nitrogens is 2. The van der Waals surface area contributed by atoms with Crippen LogP contribution in [0.2, 0.25) is 5.02 Å². The van der Waals surface area contributed by atoms with Crippen LogP contribution in [0.15, 0.2) is 48.5 Å². The van der Waals surface area contributed by atoms with E-state index in [0.29, 0.717) is 16.5 Å². The highest BCUT2D eigenvalue weighted by molar-refractivity contribution is 6.31. The fraction of sp³-hybridized carbons (Fsp3) is 0.190. The fourth-order valence-corrected chi connectivity index (χ4v) is 3.44. The number of hydrogen-bond donors (Lipinski definition) is 1. The van der Waals surface area contributed by atoms with Crippen molar-refractivity contribution in [3.63, 3.8) is 0 Å². The second-order valence-electron chi connectivity index (χ2n) is 6.56. The van der Waals surface area contributed by atoms with E-state index in [1.54, 1.807) is 18.2 Å². The topological polar surface area (TPSA) is 67.3 Å². The summed E-state index contributed by atoms with van der Waals surface area (Å²) in [5.74, 6) is 0.851. The van der Waals surface area contributed by atoms with Crippen LogP contribution in [0.25, 0.3) is 0 Å². The molecule has 2 aromatic carbocycles. The largest absolute Gasteiger partial charge is 0.495 e. The van der Waals surface area contributed by atoms with Crippen molar-refractivity contribution in [2.24, 2.45) is 0 Å². The van der Waals surface area contributed by atoms with Gasteiger partial charge in [0.1, 0.15) is 5.75 Å². The lowest BCUT2D eigenvalue weighted by atomic mass is 10.2. The predicted molar refractivity (Wildman–Crippen MR) is 110 cm³/mol. The van der Waals surface area contributed by atoms with Gasteiger partial charge < -0.3 is 15.0 Å². The van der Waals surface area contributed by atoms with E-state index in [1.165, 1.54) is 12.7 Å². The number of halogens is 1. The summed E-state index contributed by atoms with van der Waals surface area (Å²) in [6.07, 6.45) is 0.968. The van der Waals surface area contributed by atoms with Crippen molar-refractivity contribution in [1.82, 2.24) is 10.2 Å². The number of para-hydroxylation sites is 1. The van der Waals surface area contributed by atoms with Crippen molar-refractivity contribution in [1.29, 1.82) is 0 Å². The highest BCUT2D eigenvalue weighted by Crippen LogP contribution is 2.33. The van der Waals surface area contributed by atoms with Gasteiger partial charge in [0, 0.05) is 23.3 Å². The van der Waals surface area contributed by atoms with E-state index in [9.17, 15) is 4.79 Å². The zero-order valence-electron chi connectivity index (χ0n) is 15.6. The zero-order chi connectivity index (χ0) is 19.7. The number of carbonyl (C=O) groups excluding carboxylic acids is 1. The maximum atomic E-state index is 12.6. The lowest BCUT2D eigenvalue weighted by Crippen LogP contribution is -2.18. The van der Waals surface area contributed by atoms with Crippen LogP contribution >= 0.6 is 11.6 Å². The Morgan fingerprint density at radius 3 is 2.75 bits per heavy atom. The molecule has 7 heteroatoms. The van der Waals surface area contributed by atoms with Crippen molar-refractivity contribution in [3.8, 4) is 5.75 Å². The number of aryl methyl sites for hydroxylation is 1. The molecule has 0 radical (unpaired) electrons. The molecule has 4 rings (SSSR count). The van der Waals surface area contributed by atoms with Crippen molar-refractivity contribution in [2.45, 2.75) is 13.3 Å². The summed E-state index contributed by atoms with van der Waals surface area (Å²) < 4.78 is 5.30. The second-order valence-corrected chi connectivity index (χ2v) is 6.97. The van der Waals surface area contributed by atoms with Crippen LogP contribution in [0.1, 0.15) is 21.6 Å². The van der Waals surface area contributed by atoms with Gasteiger partial charge in [-0.25, -0.2) is 0 Å². The average Bonchev–Trinajstić information content (AvgIpc) is 3.15. The van der Waals surface area contributed by atoms with Gasteiger partial charge in [0.2, 0.25) is 0 Å². The van der Waals surface area contributed by atoms with Crippen LogP contribution in [0, 0.1) is 6.92 Å². The fourth-order valence-electron chi connectivity index (χ4n) is 3.28. The third-order valence-corrected chi connectivity index (χ3v) is 5.18. The smallest absolute Gasteiger partial charge is 0.276 e. The molecule has 28 heavy (non-hydrogen) atoms. The van der Waals surface area contributed by atoms with Crippen LogP contribution in [-0.4, -0.2) is 29.8 Å². The Kier molecular flexibility index (Phi) is 4.88. The maximum Gasteiger partial charge on any atom is 0.276 e. The van der Waals surface area contributed by atoms with Gasteiger partial charge in [-0.15, -0.1) is 10.2 Å². The Bertz CT molecular complexity index is 1040. The number of methoxy groups -OCH3 is 1. The quantitative estimate of drug-likeness (QED) is 0.710. The molecule has 142 valence electrons. The molecule has 1 aromatic heterocycles. The number of nitrogens with one attached hydrogen (secondary N) is 1. The Labute approximate surface area is 168 Å². The minimum Gasteiger partial charge on any atom is -0.495 e. The Morgan fingerprint density at radius 2 is 2.00 bits per heavy atom. The average molecular weight is 395 g/mol. The lowest BCUT2D eigenvalue weighted by Gasteiger charge is -2.17. The van der Waals surface area contributed by atoms with Crippen molar-refractivity contribution >= 4 is 34.7 Å².